The van der Waals surface area contributed by atoms with Gasteiger partial charge >= 0.3 is 0 Å². The van der Waals surface area contributed by atoms with E-state index >= 15 is 0 Å². The van der Waals surface area contributed by atoms with Crippen LogP contribution in [0.1, 0.15) is 18.5 Å². The van der Waals surface area contributed by atoms with Gasteiger partial charge in [0, 0.05) is 42.0 Å². The molecule has 0 radical (unpaired) electrons. The number of hydrogen-bond acceptors (Lipinski definition) is 3. The summed E-state index contributed by atoms with van der Waals surface area (Å²) in [5.74, 6) is 0.0333. The van der Waals surface area contributed by atoms with E-state index in [9.17, 15) is 8.78 Å². The van der Waals surface area contributed by atoms with E-state index in [1.807, 2.05) is 13.0 Å². The largest absolute Gasteiger partial charge is 0.369 e. The van der Waals surface area contributed by atoms with E-state index in [4.69, 9.17) is 5.73 Å². The molecular weight excluding hydrogens is 284 g/mol. The molecule has 1 aliphatic carbocycles. The number of pyridine rings is 1. The van der Waals surface area contributed by atoms with Crippen LogP contribution in [0, 0.1) is 30.4 Å². The van der Waals surface area contributed by atoms with E-state index in [1.165, 1.54) is 18.9 Å². The quantitative estimate of drug-likeness (QED) is 0.927. The molecule has 1 aromatic carbocycles. The maximum Gasteiger partial charge on any atom is 0.152 e. The highest BCUT2D eigenvalue weighted by molar-refractivity contribution is 5.92. The van der Waals surface area contributed by atoms with Crippen LogP contribution in [0.5, 0.6) is 0 Å². The fourth-order valence-corrected chi connectivity index (χ4v) is 3.69. The van der Waals surface area contributed by atoms with Gasteiger partial charge in [0.1, 0.15) is 11.3 Å². The molecule has 1 aromatic heterocycles. The lowest BCUT2D eigenvalue weighted by Gasteiger charge is -2.21. The molecule has 2 aliphatic rings. The van der Waals surface area contributed by atoms with Crippen molar-refractivity contribution in [3.63, 3.8) is 0 Å². The third-order valence-electron chi connectivity index (χ3n) is 4.92. The monoisotopic (exact) mass is 303 g/mol. The average molecular weight is 303 g/mol. The Morgan fingerprint density at radius 2 is 1.95 bits per heavy atom. The maximum atomic E-state index is 14.0. The summed E-state index contributed by atoms with van der Waals surface area (Å²) in [7, 11) is 0. The highest BCUT2D eigenvalue weighted by Crippen LogP contribution is 2.42. The number of rotatable bonds is 2. The lowest BCUT2D eigenvalue weighted by atomic mass is 9.99. The van der Waals surface area contributed by atoms with E-state index in [0.717, 1.165) is 36.5 Å². The highest BCUT2D eigenvalue weighted by Gasteiger charge is 2.41. The molecule has 2 atom stereocenters. The first kappa shape index (κ1) is 13.9. The number of nitrogens with zero attached hydrogens (tertiary/aromatic N) is 2. The number of hydrogen-bond donors (Lipinski definition) is 1. The average Bonchev–Trinajstić information content (AvgIpc) is 3.22. The molecule has 5 heteroatoms. The lowest BCUT2D eigenvalue weighted by molar-refractivity contribution is 0.456. The molecule has 4 rings (SSSR count). The molecule has 2 heterocycles. The highest BCUT2D eigenvalue weighted by atomic mass is 19.1. The van der Waals surface area contributed by atoms with Gasteiger partial charge in [0.05, 0.1) is 0 Å². The van der Waals surface area contributed by atoms with E-state index in [-0.39, 0.29) is 11.6 Å². The standard InChI is InChI=1S/C17H19F2N3/c1-9-4-16(12-5-11(18)6-14(19)17(12)21-9)22-7-13(10-2-3-10)15(20)8-22/h4-6,10,13,15H,2-3,7-8,20H2,1H3/t13-,15+/m1/s1. The van der Waals surface area contributed by atoms with Crippen molar-refractivity contribution >= 4 is 16.6 Å². The molecule has 2 fully saturated rings. The molecule has 0 spiro atoms. The fraction of sp³-hybridized carbons (Fsp3) is 0.471. The number of benzene rings is 1. The smallest absolute Gasteiger partial charge is 0.152 e. The summed E-state index contributed by atoms with van der Waals surface area (Å²) in [5, 5.41) is 0.534. The van der Waals surface area contributed by atoms with Gasteiger partial charge < -0.3 is 10.6 Å². The third kappa shape index (κ3) is 2.24. The van der Waals surface area contributed by atoms with Crippen LogP contribution in [0.4, 0.5) is 14.5 Å². The van der Waals surface area contributed by atoms with Gasteiger partial charge in [-0.2, -0.15) is 0 Å². The van der Waals surface area contributed by atoms with Crippen LogP contribution in [0.25, 0.3) is 10.9 Å². The van der Waals surface area contributed by atoms with Gasteiger partial charge in [0.2, 0.25) is 0 Å². The number of anilines is 1. The van der Waals surface area contributed by atoms with Gasteiger partial charge in [-0.05, 0) is 43.7 Å². The van der Waals surface area contributed by atoms with Gasteiger partial charge in [-0.15, -0.1) is 0 Å². The Kier molecular flexibility index (Phi) is 3.08. The number of nitrogens with two attached hydrogens (primary N) is 1. The molecular formula is C17H19F2N3. The van der Waals surface area contributed by atoms with Crippen molar-refractivity contribution in [2.75, 3.05) is 18.0 Å². The molecule has 0 amide bonds. The number of aromatic nitrogens is 1. The van der Waals surface area contributed by atoms with Crippen molar-refractivity contribution in [3.05, 3.63) is 35.5 Å². The van der Waals surface area contributed by atoms with Gasteiger partial charge in [-0.25, -0.2) is 13.8 Å². The van der Waals surface area contributed by atoms with Gasteiger partial charge in [0.25, 0.3) is 0 Å². The van der Waals surface area contributed by atoms with Crippen LogP contribution >= 0.6 is 0 Å². The summed E-state index contributed by atoms with van der Waals surface area (Å²) < 4.78 is 27.7. The van der Waals surface area contributed by atoms with Crippen LogP contribution in [0.15, 0.2) is 18.2 Å². The summed E-state index contributed by atoms with van der Waals surface area (Å²) in [4.78, 5) is 6.40. The van der Waals surface area contributed by atoms with Gasteiger partial charge in [0.15, 0.2) is 5.82 Å². The van der Waals surface area contributed by atoms with Crippen LogP contribution < -0.4 is 10.6 Å². The van der Waals surface area contributed by atoms with Crippen molar-refractivity contribution in [1.82, 2.24) is 4.98 Å². The zero-order valence-electron chi connectivity index (χ0n) is 12.5. The molecule has 1 aliphatic heterocycles. The zero-order chi connectivity index (χ0) is 15.4. The fourth-order valence-electron chi connectivity index (χ4n) is 3.69. The van der Waals surface area contributed by atoms with Gasteiger partial charge in [-0.3, -0.25) is 0 Å². The van der Waals surface area contributed by atoms with Gasteiger partial charge in [-0.1, -0.05) is 0 Å². The van der Waals surface area contributed by atoms with Crippen molar-refractivity contribution in [2.45, 2.75) is 25.8 Å². The van der Waals surface area contributed by atoms with Crippen molar-refractivity contribution in [3.8, 4) is 0 Å². The summed E-state index contributed by atoms with van der Waals surface area (Å²) in [6.45, 7) is 3.43. The van der Waals surface area contributed by atoms with E-state index in [1.54, 1.807) is 0 Å². The predicted octanol–water partition coefficient (Wildman–Crippen LogP) is 2.99. The lowest BCUT2D eigenvalue weighted by Crippen LogP contribution is -2.30. The molecule has 2 N–H and O–H groups in total. The zero-order valence-corrected chi connectivity index (χ0v) is 12.5. The van der Waals surface area contributed by atoms with Crippen LogP contribution in [0.3, 0.4) is 0 Å². The maximum absolute atomic E-state index is 14.0. The molecule has 0 unspecified atom stereocenters. The first-order valence-corrected chi connectivity index (χ1v) is 7.80. The topological polar surface area (TPSA) is 42.1 Å². The first-order chi connectivity index (χ1) is 10.5. The number of aryl methyl sites for hydroxylation is 1. The van der Waals surface area contributed by atoms with Crippen molar-refractivity contribution in [1.29, 1.82) is 0 Å². The Morgan fingerprint density at radius 3 is 2.68 bits per heavy atom. The first-order valence-electron chi connectivity index (χ1n) is 7.80. The Labute approximate surface area is 128 Å². The Balaban J connectivity index is 1.81. The normalized spacial score (nSPS) is 25.2. The minimum absolute atomic E-state index is 0.134. The van der Waals surface area contributed by atoms with Crippen LogP contribution in [0.2, 0.25) is 0 Å². The summed E-state index contributed by atoms with van der Waals surface area (Å²) in [5.41, 5.74) is 8.10. The van der Waals surface area contributed by atoms with Crippen molar-refractivity contribution in [2.24, 2.45) is 17.6 Å². The second-order valence-corrected chi connectivity index (χ2v) is 6.64. The molecule has 116 valence electrons. The summed E-state index contributed by atoms with van der Waals surface area (Å²) in [6.07, 6.45) is 2.51. The van der Waals surface area contributed by atoms with E-state index < -0.39 is 11.6 Å². The third-order valence-corrected chi connectivity index (χ3v) is 4.92. The Hall–Kier alpha value is -1.75. The minimum atomic E-state index is -0.609. The second kappa shape index (κ2) is 4.88. The molecule has 2 aromatic rings. The SMILES string of the molecule is Cc1cc(N2C[C@H](C3CC3)[C@@H](N)C2)c2cc(F)cc(F)c2n1. The Bertz CT molecular complexity index is 742. The number of fused-ring (bicyclic) bond motifs is 1. The van der Waals surface area contributed by atoms with Crippen molar-refractivity contribution < 1.29 is 8.78 Å². The summed E-state index contributed by atoms with van der Waals surface area (Å²) in [6, 6.07) is 4.30. The molecule has 3 nitrogen and oxygen atoms in total. The van der Waals surface area contributed by atoms with E-state index in [2.05, 4.69) is 9.88 Å². The second-order valence-electron chi connectivity index (χ2n) is 6.64. The molecule has 22 heavy (non-hydrogen) atoms. The van der Waals surface area contributed by atoms with E-state index in [0.29, 0.717) is 11.3 Å². The van der Waals surface area contributed by atoms with Crippen LogP contribution in [-0.4, -0.2) is 24.1 Å². The predicted molar refractivity (Wildman–Crippen MR) is 82.8 cm³/mol. The minimum Gasteiger partial charge on any atom is -0.369 e. The Morgan fingerprint density at radius 1 is 1.18 bits per heavy atom. The molecule has 1 saturated heterocycles. The number of halogens is 2. The van der Waals surface area contributed by atoms with Crippen LogP contribution in [-0.2, 0) is 0 Å². The molecule has 0 bridgehead atoms. The molecule has 1 saturated carbocycles. The summed E-state index contributed by atoms with van der Waals surface area (Å²) >= 11 is 0.